The van der Waals surface area contributed by atoms with Gasteiger partial charge in [0.1, 0.15) is 0 Å². The van der Waals surface area contributed by atoms with E-state index >= 15 is 0 Å². The second kappa shape index (κ2) is 6.09. The van der Waals surface area contributed by atoms with Gasteiger partial charge in [0.25, 0.3) is 0 Å². The minimum atomic E-state index is 0.198. The van der Waals surface area contributed by atoms with Crippen LogP contribution in [0.2, 0.25) is 0 Å². The van der Waals surface area contributed by atoms with Gasteiger partial charge in [0.15, 0.2) is 0 Å². The van der Waals surface area contributed by atoms with E-state index in [1.807, 2.05) is 6.26 Å². The predicted molar refractivity (Wildman–Crippen MR) is 72.7 cm³/mol. The van der Waals surface area contributed by atoms with Crippen LogP contribution in [0.4, 0.5) is 0 Å². The fourth-order valence-corrected chi connectivity index (χ4v) is 2.67. The van der Waals surface area contributed by atoms with E-state index in [4.69, 9.17) is 4.74 Å². The Hall–Kier alpha value is -0.980. The lowest BCUT2D eigenvalue weighted by Crippen LogP contribution is -2.16. The molecule has 0 aromatic rings. The molecule has 1 nitrogen and oxygen atoms in total. The molecule has 0 heterocycles. The fourth-order valence-electron chi connectivity index (χ4n) is 2.67. The normalized spacial score (nSPS) is 29.9. The van der Waals surface area contributed by atoms with Crippen molar-refractivity contribution in [3.8, 4) is 0 Å². The van der Waals surface area contributed by atoms with Crippen molar-refractivity contribution < 1.29 is 4.74 Å². The van der Waals surface area contributed by atoms with Gasteiger partial charge in [0.2, 0.25) is 0 Å². The molecular formula is C16H24O. The van der Waals surface area contributed by atoms with Gasteiger partial charge in [-0.1, -0.05) is 37.6 Å². The molecule has 17 heavy (non-hydrogen) atoms. The summed E-state index contributed by atoms with van der Waals surface area (Å²) in [5.41, 5.74) is 0.198. The standard InChI is InChI=1S/C16H24O/c1-2-16(11-7-4-8-12-16)13-14-17-15-9-5-3-6-10-15/h4,7-8,11,13-15H,2-3,5-6,9-10,12H2,1H3. The van der Waals surface area contributed by atoms with Gasteiger partial charge in [-0.05, 0) is 44.6 Å². The average molecular weight is 232 g/mol. The number of ether oxygens (including phenoxy) is 1. The summed E-state index contributed by atoms with van der Waals surface area (Å²) in [6.07, 6.45) is 22.3. The summed E-state index contributed by atoms with van der Waals surface area (Å²) in [5, 5.41) is 0. The largest absolute Gasteiger partial charge is 0.498 e. The van der Waals surface area contributed by atoms with Crippen LogP contribution in [0.15, 0.2) is 36.6 Å². The molecule has 0 radical (unpaired) electrons. The SMILES string of the molecule is CCC1(C=COC2CCCCC2)C=CC=CC1. The third-order valence-electron chi connectivity index (χ3n) is 4.05. The van der Waals surface area contributed by atoms with Crippen LogP contribution < -0.4 is 0 Å². The van der Waals surface area contributed by atoms with Crippen LogP contribution in [0, 0.1) is 5.41 Å². The van der Waals surface area contributed by atoms with E-state index in [2.05, 4.69) is 37.3 Å². The number of allylic oxidation sites excluding steroid dienone is 5. The van der Waals surface area contributed by atoms with Gasteiger partial charge in [0.05, 0.1) is 12.4 Å². The van der Waals surface area contributed by atoms with E-state index in [0.29, 0.717) is 6.10 Å². The fraction of sp³-hybridized carbons (Fsp3) is 0.625. The topological polar surface area (TPSA) is 9.23 Å². The van der Waals surface area contributed by atoms with E-state index in [9.17, 15) is 0 Å². The van der Waals surface area contributed by atoms with Crippen LogP contribution in [0.3, 0.4) is 0 Å². The minimum absolute atomic E-state index is 0.198. The van der Waals surface area contributed by atoms with Crippen LogP contribution in [-0.2, 0) is 4.74 Å². The lowest BCUT2D eigenvalue weighted by molar-refractivity contribution is 0.104. The highest BCUT2D eigenvalue weighted by molar-refractivity contribution is 5.21. The Kier molecular flexibility index (Phi) is 4.47. The van der Waals surface area contributed by atoms with E-state index < -0.39 is 0 Å². The molecule has 0 N–H and O–H groups in total. The van der Waals surface area contributed by atoms with Crippen molar-refractivity contribution in [2.45, 2.75) is 58.0 Å². The maximum Gasteiger partial charge on any atom is 0.0978 e. The van der Waals surface area contributed by atoms with Gasteiger partial charge in [-0.3, -0.25) is 0 Å². The van der Waals surface area contributed by atoms with Crippen molar-refractivity contribution in [2.24, 2.45) is 5.41 Å². The Bertz CT molecular complexity index is 307. The molecule has 0 aliphatic heterocycles. The van der Waals surface area contributed by atoms with E-state index in [0.717, 1.165) is 12.8 Å². The van der Waals surface area contributed by atoms with Gasteiger partial charge >= 0.3 is 0 Å². The van der Waals surface area contributed by atoms with Crippen LogP contribution >= 0.6 is 0 Å². The second-order valence-corrected chi connectivity index (χ2v) is 5.28. The number of hydrogen-bond acceptors (Lipinski definition) is 1. The van der Waals surface area contributed by atoms with Crippen molar-refractivity contribution in [3.05, 3.63) is 36.6 Å². The Morgan fingerprint density at radius 2 is 2.06 bits per heavy atom. The molecule has 1 heteroatoms. The Morgan fingerprint density at radius 1 is 1.24 bits per heavy atom. The summed E-state index contributed by atoms with van der Waals surface area (Å²) in [6.45, 7) is 2.24. The molecule has 0 aromatic heterocycles. The highest BCUT2D eigenvalue weighted by Crippen LogP contribution is 2.33. The molecule has 1 fully saturated rings. The molecule has 1 atom stereocenters. The Labute approximate surface area is 105 Å². The zero-order chi connectivity index (χ0) is 12.0. The van der Waals surface area contributed by atoms with Crippen LogP contribution in [-0.4, -0.2) is 6.10 Å². The molecule has 1 unspecified atom stereocenters. The number of hydrogen-bond donors (Lipinski definition) is 0. The Morgan fingerprint density at radius 3 is 2.71 bits per heavy atom. The monoisotopic (exact) mass is 232 g/mol. The first kappa shape index (κ1) is 12.5. The first-order valence-electron chi connectivity index (χ1n) is 7.02. The predicted octanol–water partition coefficient (Wildman–Crippen LogP) is 4.76. The summed E-state index contributed by atoms with van der Waals surface area (Å²) >= 11 is 0. The van der Waals surface area contributed by atoms with E-state index in [1.54, 1.807) is 0 Å². The van der Waals surface area contributed by atoms with Gasteiger partial charge in [-0.25, -0.2) is 0 Å². The molecule has 2 aliphatic rings. The van der Waals surface area contributed by atoms with Gasteiger partial charge < -0.3 is 4.74 Å². The van der Waals surface area contributed by atoms with Gasteiger partial charge in [-0.2, -0.15) is 0 Å². The van der Waals surface area contributed by atoms with Crippen LogP contribution in [0.1, 0.15) is 51.9 Å². The second-order valence-electron chi connectivity index (χ2n) is 5.28. The summed E-state index contributed by atoms with van der Waals surface area (Å²) in [6, 6.07) is 0. The maximum atomic E-state index is 5.87. The molecule has 0 bridgehead atoms. The smallest absolute Gasteiger partial charge is 0.0978 e. The number of rotatable bonds is 4. The van der Waals surface area contributed by atoms with Crippen molar-refractivity contribution >= 4 is 0 Å². The molecule has 1 saturated carbocycles. The van der Waals surface area contributed by atoms with Crippen molar-refractivity contribution in [1.29, 1.82) is 0 Å². The first-order chi connectivity index (χ1) is 8.35. The van der Waals surface area contributed by atoms with Crippen LogP contribution in [0.25, 0.3) is 0 Å². The van der Waals surface area contributed by atoms with Crippen molar-refractivity contribution in [2.75, 3.05) is 0 Å². The lowest BCUT2D eigenvalue weighted by atomic mass is 9.79. The molecule has 0 amide bonds. The molecule has 0 aromatic carbocycles. The third-order valence-corrected chi connectivity index (χ3v) is 4.05. The van der Waals surface area contributed by atoms with Crippen molar-refractivity contribution in [3.63, 3.8) is 0 Å². The molecule has 2 rings (SSSR count). The summed E-state index contributed by atoms with van der Waals surface area (Å²) < 4.78 is 5.87. The molecule has 0 spiro atoms. The highest BCUT2D eigenvalue weighted by Gasteiger charge is 2.21. The highest BCUT2D eigenvalue weighted by atomic mass is 16.5. The quantitative estimate of drug-likeness (QED) is 0.635. The Balaban J connectivity index is 1.85. The van der Waals surface area contributed by atoms with E-state index in [1.165, 1.54) is 32.1 Å². The molecule has 94 valence electrons. The summed E-state index contributed by atoms with van der Waals surface area (Å²) in [7, 11) is 0. The molecule has 2 aliphatic carbocycles. The summed E-state index contributed by atoms with van der Waals surface area (Å²) in [4.78, 5) is 0. The zero-order valence-corrected chi connectivity index (χ0v) is 10.9. The molecule has 0 saturated heterocycles. The van der Waals surface area contributed by atoms with Gasteiger partial charge in [-0.15, -0.1) is 0 Å². The van der Waals surface area contributed by atoms with Crippen molar-refractivity contribution in [1.82, 2.24) is 0 Å². The first-order valence-corrected chi connectivity index (χ1v) is 7.02. The van der Waals surface area contributed by atoms with Gasteiger partial charge in [0, 0.05) is 5.41 Å². The zero-order valence-electron chi connectivity index (χ0n) is 10.9. The lowest BCUT2D eigenvalue weighted by Gasteiger charge is -2.27. The maximum absolute atomic E-state index is 5.87. The van der Waals surface area contributed by atoms with E-state index in [-0.39, 0.29) is 5.41 Å². The average Bonchev–Trinajstić information content (AvgIpc) is 2.41. The third kappa shape index (κ3) is 3.49. The molecular weight excluding hydrogens is 208 g/mol. The summed E-state index contributed by atoms with van der Waals surface area (Å²) in [5.74, 6) is 0. The minimum Gasteiger partial charge on any atom is -0.498 e. The van der Waals surface area contributed by atoms with Crippen LogP contribution in [0.5, 0.6) is 0 Å².